The lowest BCUT2D eigenvalue weighted by atomic mass is 10.1. The van der Waals surface area contributed by atoms with Crippen molar-refractivity contribution in [2.45, 2.75) is 33.6 Å². The van der Waals surface area contributed by atoms with Crippen molar-refractivity contribution in [1.29, 1.82) is 0 Å². The molecule has 4 aromatic rings. The van der Waals surface area contributed by atoms with Gasteiger partial charge in [-0.15, -0.1) is 5.10 Å². The molecule has 0 aliphatic heterocycles. The SMILES string of the molecule is Cc1ccc(NC(=O)CCc2c(C)n(C)c3nc(-c4ccccc4)nn3c2=O)cc1C. The van der Waals surface area contributed by atoms with E-state index in [1.54, 1.807) is 0 Å². The molecule has 1 amide bonds. The van der Waals surface area contributed by atoms with Gasteiger partial charge in [0.05, 0.1) is 0 Å². The van der Waals surface area contributed by atoms with Gasteiger partial charge in [0.1, 0.15) is 0 Å². The number of aromatic nitrogens is 4. The predicted molar refractivity (Wildman–Crippen MR) is 121 cm³/mol. The van der Waals surface area contributed by atoms with Crippen molar-refractivity contribution < 1.29 is 4.79 Å². The molecule has 0 aliphatic rings. The van der Waals surface area contributed by atoms with Gasteiger partial charge in [0, 0.05) is 36.0 Å². The van der Waals surface area contributed by atoms with E-state index in [-0.39, 0.29) is 17.9 Å². The predicted octanol–water partition coefficient (Wildman–Crippen LogP) is 3.59. The highest BCUT2D eigenvalue weighted by molar-refractivity contribution is 5.91. The number of carbonyl (C=O) groups excluding carboxylic acids is 1. The van der Waals surface area contributed by atoms with Gasteiger partial charge < -0.3 is 9.88 Å². The van der Waals surface area contributed by atoms with E-state index in [0.717, 1.165) is 22.5 Å². The summed E-state index contributed by atoms with van der Waals surface area (Å²) in [5.74, 6) is 0.843. The van der Waals surface area contributed by atoms with Crippen molar-refractivity contribution >= 4 is 17.4 Å². The van der Waals surface area contributed by atoms with E-state index in [4.69, 9.17) is 0 Å². The Hall–Kier alpha value is -3.74. The first kappa shape index (κ1) is 20.5. The van der Waals surface area contributed by atoms with Crippen LogP contribution < -0.4 is 10.9 Å². The number of benzene rings is 2. The third-order valence-corrected chi connectivity index (χ3v) is 5.71. The van der Waals surface area contributed by atoms with Crippen LogP contribution in [0.2, 0.25) is 0 Å². The minimum Gasteiger partial charge on any atom is -0.326 e. The fraction of sp³-hybridized carbons (Fsp3) is 0.250. The number of nitrogens with zero attached hydrogens (tertiary/aromatic N) is 4. The zero-order valence-corrected chi connectivity index (χ0v) is 18.1. The van der Waals surface area contributed by atoms with Gasteiger partial charge in [-0.05, 0) is 50.5 Å². The molecule has 0 bridgehead atoms. The number of hydrogen-bond donors (Lipinski definition) is 1. The molecule has 0 radical (unpaired) electrons. The van der Waals surface area contributed by atoms with Crippen LogP contribution in [0, 0.1) is 20.8 Å². The Bertz CT molecular complexity index is 1340. The monoisotopic (exact) mass is 415 g/mol. The van der Waals surface area contributed by atoms with Gasteiger partial charge in [-0.1, -0.05) is 36.4 Å². The lowest BCUT2D eigenvalue weighted by Crippen LogP contribution is -2.26. The molecule has 2 heterocycles. The van der Waals surface area contributed by atoms with Crippen LogP contribution in [0.25, 0.3) is 17.2 Å². The zero-order chi connectivity index (χ0) is 22.1. The molecule has 0 unspecified atom stereocenters. The second-order valence-electron chi connectivity index (χ2n) is 7.79. The molecular weight excluding hydrogens is 390 g/mol. The molecule has 0 saturated heterocycles. The number of rotatable bonds is 5. The zero-order valence-electron chi connectivity index (χ0n) is 18.1. The maximum Gasteiger partial charge on any atom is 0.279 e. The van der Waals surface area contributed by atoms with E-state index in [9.17, 15) is 9.59 Å². The summed E-state index contributed by atoms with van der Waals surface area (Å²) in [4.78, 5) is 30.1. The summed E-state index contributed by atoms with van der Waals surface area (Å²) in [5, 5.41) is 7.34. The van der Waals surface area contributed by atoms with Crippen molar-refractivity contribution in [3.05, 3.63) is 81.3 Å². The maximum absolute atomic E-state index is 13.1. The second-order valence-corrected chi connectivity index (χ2v) is 7.79. The molecule has 0 atom stereocenters. The molecular formula is C24H25N5O2. The number of hydrogen-bond acceptors (Lipinski definition) is 4. The summed E-state index contributed by atoms with van der Waals surface area (Å²) in [6.45, 7) is 5.91. The van der Waals surface area contributed by atoms with Gasteiger partial charge in [-0.3, -0.25) is 9.59 Å². The summed E-state index contributed by atoms with van der Waals surface area (Å²) in [6, 6.07) is 15.4. The molecule has 158 valence electrons. The van der Waals surface area contributed by atoms with Crippen LogP contribution in [-0.2, 0) is 18.3 Å². The van der Waals surface area contributed by atoms with E-state index in [0.29, 0.717) is 23.6 Å². The normalized spacial score (nSPS) is 11.1. The number of nitrogens with one attached hydrogen (secondary N) is 1. The average molecular weight is 415 g/mol. The Morgan fingerprint density at radius 1 is 1.03 bits per heavy atom. The summed E-state index contributed by atoms with van der Waals surface area (Å²) in [6.07, 6.45) is 0.528. The lowest BCUT2D eigenvalue weighted by Gasteiger charge is -2.11. The first-order valence-electron chi connectivity index (χ1n) is 10.2. The molecule has 7 nitrogen and oxygen atoms in total. The van der Waals surface area contributed by atoms with Gasteiger partial charge in [-0.25, -0.2) is 0 Å². The van der Waals surface area contributed by atoms with E-state index < -0.39 is 0 Å². The summed E-state index contributed by atoms with van der Waals surface area (Å²) in [7, 11) is 1.85. The fourth-order valence-electron chi connectivity index (χ4n) is 3.57. The van der Waals surface area contributed by atoms with Crippen LogP contribution in [0.1, 0.15) is 28.8 Å². The number of amides is 1. The van der Waals surface area contributed by atoms with E-state index >= 15 is 0 Å². The molecule has 31 heavy (non-hydrogen) atoms. The Balaban J connectivity index is 1.59. The minimum absolute atomic E-state index is 0.131. The Labute approximate surface area is 180 Å². The third kappa shape index (κ3) is 3.99. The molecule has 1 N–H and O–H groups in total. The molecule has 0 aliphatic carbocycles. The van der Waals surface area contributed by atoms with Crippen LogP contribution in [0.15, 0.2) is 53.3 Å². The van der Waals surface area contributed by atoms with Crippen molar-refractivity contribution in [1.82, 2.24) is 19.2 Å². The van der Waals surface area contributed by atoms with Crippen molar-refractivity contribution in [3.63, 3.8) is 0 Å². The van der Waals surface area contributed by atoms with Crippen LogP contribution in [-0.4, -0.2) is 25.1 Å². The highest BCUT2D eigenvalue weighted by Gasteiger charge is 2.17. The number of carbonyl (C=O) groups is 1. The van der Waals surface area contributed by atoms with Gasteiger partial charge >= 0.3 is 0 Å². The van der Waals surface area contributed by atoms with Crippen LogP contribution in [0.4, 0.5) is 5.69 Å². The number of fused-ring (bicyclic) bond motifs is 1. The molecule has 0 fully saturated rings. The summed E-state index contributed by atoms with van der Waals surface area (Å²) in [5.41, 5.74) is 5.01. The van der Waals surface area contributed by atoms with Crippen molar-refractivity contribution in [2.24, 2.45) is 7.05 Å². The van der Waals surface area contributed by atoms with E-state index in [2.05, 4.69) is 15.4 Å². The highest BCUT2D eigenvalue weighted by atomic mass is 16.1. The average Bonchev–Trinajstić information content (AvgIpc) is 3.21. The third-order valence-electron chi connectivity index (χ3n) is 5.71. The topological polar surface area (TPSA) is 81.3 Å². The summed E-state index contributed by atoms with van der Waals surface area (Å²) < 4.78 is 3.17. The Kier molecular flexibility index (Phi) is 5.42. The smallest absolute Gasteiger partial charge is 0.279 e. The molecule has 2 aromatic carbocycles. The molecule has 0 saturated carbocycles. The van der Waals surface area contributed by atoms with Crippen molar-refractivity contribution in [3.8, 4) is 11.4 Å². The van der Waals surface area contributed by atoms with Gasteiger partial charge in [-0.2, -0.15) is 9.50 Å². The lowest BCUT2D eigenvalue weighted by molar-refractivity contribution is -0.116. The van der Waals surface area contributed by atoms with E-state index in [1.165, 1.54) is 10.1 Å². The van der Waals surface area contributed by atoms with Crippen LogP contribution in [0.3, 0.4) is 0 Å². The number of aryl methyl sites for hydroxylation is 3. The first-order chi connectivity index (χ1) is 14.8. The van der Waals surface area contributed by atoms with Crippen LogP contribution in [0.5, 0.6) is 0 Å². The minimum atomic E-state index is -0.237. The largest absolute Gasteiger partial charge is 0.326 e. The van der Waals surface area contributed by atoms with Gasteiger partial charge in [0.25, 0.3) is 5.56 Å². The Morgan fingerprint density at radius 2 is 1.77 bits per heavy atom. The maximum atomic E-state index is 13.1. The van der Waals surface area contributed by atoms with Crippen molar-refractivity contribution in [2.75, 3.05) is 5.32 Å². The fourth-order valence-corrected chi connectivity index (χ4v) is 3.57. The van der Waals surface area contributed by atoms with E-state index in [1.807, 2.05) is 80.9 Å². The standard InChI is InChI=1S/C24H25N5O2/c1-15-10-11-19(14-16(15)2)25-21(30)13-12-20-17(3)28(4)24-26-22(27-29(24)23(20)31)18-8-6-5-7-9-18/h5-11,14H,12-13H2,1-4H3,(H,25,30). The quantitative estimate of drug-likeness (QED) is 0.540. The number of anilines is 1. The second kappa shape index (κ2) is 8.18. The molecule has 4 rings (SSSR count). The Morgan fingerprint density at radius 3 is 2.48 bits per heavy atom. The molecule has 0 spiro atoms. The molecule has 7 heteroatoms. The summed E-state index contributed by atoms with van der Waals surface area (Å²) >= 11 is 0. The highest BCUT2D eigenvalue weighted by Crippen LogP contribution is 2.17. The van der Waals surface area contributed by atoms with Gasteiger partial charge in [0.15, 0.2) is 5.82 Å². The first-order valence-corrected chi connectivity index (χ1v) is 10.2. The molecule has 2 aromatic heterocycles. The van der Waals surface area contributed by atoms with Gasteiger partial charge in [0.2, 0.25) is 11.7 Å². The van der Waals surface area contributed by atoms with Crippen LogP contribution >= 0.6 is 0 Å².